The summed E-state index contributed by atoms with van der Waals surface area (Å²) in [7, 11) is 0. The Hall–Kier alpha value is -2.12. The lowest BCUT2D eigenvalue weighted by atomic mass is 9.99. The summed E-state index contributed by atoms with van der Waals surface area (Å²) in [6, 6.07) is -0.249. The Morgan fingerprint density at radius 3 is 3.05 bits per heavy atom. The molecule has 1 atom stereocenters. The summed E-state index contributed by atoms with van der Waals surface area (Å²) >= 11 is 0. The molecule has 0 bridgehead atoms. The number of likely N-dealkylation sites (tertiary alicyclic amines) is 1. The zero-order valence-corrected chi connectivity index (χ0v) is 11.4. The maximum Gasteiger partial charge on any atom is 0.317 e. The lowest BCUT2D eigenvalue weighted by Gasteiger charge is -2.30. The molecule has 0 aromatic carbocycles. The van der Waals surface area contributed by atoms with E-state index in [2.05, 4.69) is 15.5 Å². The minimum absolute atomic E-state index is 0.249. The van der Waals surface area contributed by atoms with Crippen LogP contribution in [0.25, 0.3) is 0 Å². The number of piperidine rings is 1. The van der Waals surface area contributed by atoms with Crippen LogP contribution in [0, 0.1) is 5.92 Å². The molecule has 1 aliphatic heterocycles. The number of hydrogen-bond donors (Lipinski definition) is 2. The minimum Gasteiger partial charge on any atom is -0.481 e. The molecule has 0 saturated carbocycles. The number of nitrogens with one attached hydrogen (secondary N) is 1. The minimum atomic E-state index is -0.840. The Kier molecular flexibility index (Phi) is 4.54. The zero-order valence-electron chi connectivity index (χ0n) is 11.4. The molecule has 1 saturated heterocycles. The second kappa shape index (κ2) is 6.36. The fourth-order valence-electron chi connectivity index (χ4n) is 2.31. The number of amides is 2. The average Bonchev–Trinajstić information content (AvgIpc) is 2.92. The van der Waals surface area contributed by atoms with Gasteiger partial charge >= 0.3 is 12.0 Å². The third kappa shape index (κ3) is 3.25. The van der Waals surface area contributed by atoms with Crippen LogP contribution < -0.4 is 5.32 Å². The van der Waals surface area contributed by atoms with Crippen LogP contribution in [0.2, 0.25) is 0 Å². The van der Waals surface area contributed by atoms with Crippen molar-refractivity contribution in [3.05, 3.63) is 12.2 Å². The fourth-order valence-corrected chi connectivity index (χ4v) is 2.31. The van der Waals surface area contributed by atoms with E-state index in [0.717, 1.165) is 13.0 Å². The third-order valence-corrected chi connectivity index (χ3v) is 3.49. The van der Waals surface area contributed by atoms with Crippen molar-refractivity contribution in [2.45, 2.75) is 32.9 Å². The number of aromatic nitrogens is 3. The Balaban J connectivity index is 1.87. The number of urea groups is 1. The standard InChI is InChI=1S/C12H19N5O3/c1-2-16-8-14-15-10(16)6-13-12(20)17-5-3-4-9(7-17)11(18)19/h8-9H,2-7H2,1H3,(H,13,20)(H,18,19)/t9-/m0/s1. The predicted molar refractivity (Wildman–Crippen MR) is 69.9 cm³/mol. The van der Waals surface area contributed by atoms with E-state index in [-0.39, 0.29) is 12.6 Å². The highest BCUT2D eigenvalue weighted by molar-refractivity contribution is 5.76. The monoisotopic (exact) mass is 281 g/mol. The van der Waals surface area contributed by atoms with Crippen molar-refractivity contribution in [1.29, 1.82) is 0 Å². The number of hydrogen-bond acceptors (Lipinski definition) is 4. The van der Waals surface area contributed by atoms with Crippen LogP contribution in [-0.4, -0.2) is 49.9 Å². The van der Waals surface area contributed by atoms with E-state index in [9.17, 15) is 9.59 Å². The van der Waals surface area contributed by atoms with E-state index in [1.807, 2.05) is 11.5 Å². The molecule has 8 nitrogen and oxygen atoms in total. The summed E-state index contributed by atoms with van der Waals surface area (Å²) in [4.78, 5) is 24.5. The third-order valence-electron chi connectivity index (χ3n) is 3.49. The SMILES string of the molecule is CCn1cnnc1CNC(=O)N1CCC[C@H](C(=O)O)C1. The summed E-state index contributed by atoms with van der Waals surface area (Å²) in [6.07, 6.45) is 2.96. The van der Waals surface area contributed by atoms with Crippen LogP contribution in [0.1, 0.15) is 25.6 Å². The van der Waals surface area contributed by atoms with Gasteiger partial charge in [0.05, 0.1) is 12.5 Å². The summed E-state index contributed by atoms with van der Waals surface area (Å²) in [5.41, 5.74) is 0. The van der Waals surface area contributed by atoms with E-state index in [1.165, 1.54) is 0 Å². The Morgan fingerprint density at radius 1 is 1.55 bits per heavy atom. The van der Waals surface area contributed by atoms with Gasteiger partial charge in [-0.25, -0.2) is 4.79 Å². The van der Waals surface area contributed by atoms with Gasteiger partial charge < -0.3 is 19.9 Å². The summed E-state index contributed by atoms with van der Waals surface area (Å²) in [6.45, 7) is 3.86. The highest BCUT2D eigenvalue weighted by Gasteiger charge is 2.28. The van der Waals surface area contributed by atoms with Crippen molar-refractivity contribution in [2.24, 2.45) is 5.92 Å². The lowest BCUT2D eigenvalue weighted by Crippen LogP contribution is -2.47. The Labute approximate surface area is 116 Å². The molecule has 1 aromatic heterocycles. The summed E-state index contributed by atoms with van der Waals surface area (Å²) in [5, 5.41) is 19.5. The lowest BCUT2D eigenvalue weighted by molar-refractivity contribution is -0.143. The van der Waals surface area contributed by atoms with Gasteiger partial charge in [0.1, 0.15) is 6.33 Å². The second-order valence-electron chi connectivity index (χ2n) is 4.82. The van der Waals surface area contributed by atoms with Gasteiger partial charge in [0.15, 0.2) is 5.82 Å². The van der Waals surface area contributed by atoms with Crippen LogP contribution in [0.15, 0.2) is 6.33 Å². The molecule has 2 heterocycles. The van der Waals surface area contributed by atoms with Crippen molar-refractivity contribution in [1.82, 2.24) is 25.0 Å². The zero-order chi connectivity index (χ0) is 14.5. The number of carbonyl (C=O) groups excluding carboxylic acids is 1. The highest BCUT2D eigenvalue weighted by Crippen LogP contribution is 2.16. The molecule has 110 valence electrons. The second-order valence-corrected chi connectivity index (χ2v) is 4.82. The van der Waals surface area contributed by atoms with E-state index in [4.69, 9.17) is 5.11 Å². The molecular formula is C12H19N5O3. The van der Waals surface area contributed by atoms with E-state index < -0.39 is 11.9 Å². The molecule has 1 fully saturated rings. The first-order valence-corrected chi connectivity index (χ1v) is 6.74. The number of rotatable bonds is 4. The number of aliphatic carboxylic acids is 1. The van der Waals surface area contributed by atoms with Gasteiger partial charge in [0.2, 0.25) is 0 Å². The molecule has 1 aromatic rings. The molecular weight excluding hydrogens is 262 g/mol. The number of carboxylic acid groups (broad SMARTS) is 1. The van der Waals surface area contributed by atoms with Crippen LogP contribution in [0.4, 0.5) is 4.79 Å². The van der Waals surface area contributed by atoms with Crippen molar-refractivity contribution < 1.29 is 14.7 Å². The molecule has 1 aliphatic rings. The van der Waals surface area contributed by atoms with Gasteiger partial charge in [-0.1, -0.05) is 0 Å². The number of carbonyl (C=O) groups is 2. The van der Waals surface area contributed by atoms with E-state index >= 15 is 0 Å². The predicted octanol–water partition coefficient (Wildman–Crippen LogP) is 0.304. The molecule has 2 amide bonds. The Bertz CT molecular complexity index is 487. The molecule has 0 radical (unpaired) electrons. The normalized spacial score (nSPS) is 18.9. The largest absolute Gasteiger partial charge is 0.481 e. The number of nitrogens with zero attached hydrogens (tertiary/aromatic N) is 4. The van der Waals surface area contributed by atoms with Crippen LogP contribution >= 0.6 is 0 Å². The first-order valence-electron chi connectivity index (χ1n) is 6.74. The molecule has 2 rings (SSSR count). The molecule has 0 spiro atoms. The van der Waals surface area contributed by atoms with E-state index in [0.29, 0.717) is 25.3 Å². The van der Waals surface area contributed by atoms with Crippen LogP contribution in [0.3, 0.4) is 0 Å². The topological polar surface area (TPSA) is 100 Å². The Morgan fingerprint density at radius 2 is 2.35 bits per heavy atom. The van der Waals surface area contributed by atoms with Gasteiger partial charge in [-0.15, -0.1) is 10.2 Å². The van der Waals surface area contributed by atoms with Gasteiger partial charge in [-0.3, -0.25) is 4.79 Å². The van der Waals surface area contributed by atoms with Crippen molar-refractivity contribution in [3.8, 4) is 0 Å². The first kappa shape index (κ1) is 14.3. The first-order chi connectivity index (χ1) is 9.61. The van der Waals surface area contributed by atoms with E-state index in [1.54, 1.807) is 11.2 Å². The molecule has 0 unspecified atom stereocenters. The van der Waals surface area contributed by atoms with Crippen molar-refractivity contribution in [3.63, 3.8) is 0 Å². The van der Waals surface area contributed by atoms with Crippen LogP contribution in [0.5, 0.6) is 0 Å². The summed E-state index contributed by atoms with van der Waals surface area (Å²) in [5.74, 6) is -0.616. The maximum absolute atomic E-state index is 12.0. The van der Waals surface area contributed by atoms with Gasteiger partial charge in [-0.2, -0.15) is 0 Å². The molecule has 0 aliphatic carbocycles. The number of aryl methyl sites for hydroxylation is 1. The van der Waals surface area contributed by atoms with Crippen molar-refractivity contribution in [2.75, 3.05) is 13.1 Å². The fraction of sp³-hybridized carbons (Fsp3) is 0.667. The maximum atomic E-state index is 12.0. The van der Waals surface area contributed by atoms with Gasteiger partial charge in [-0.05, 0) is 19.8 Å². The molecule has 20 heavy (non-hydrogen) atoms. The quantitative estimate of drug-likeness (QED) is 0.827. The van der Waals surface area contributed by atoms with Crippen molar-refractivity contribution >= 4 is 12.0 Å². The number of carboxylic acids is 1. The van der Waals surface area contributed by atoms with Gasteiger partial charge in [0, 0.05) is 19.6 Å². The average molecular weight is 281 g/mol. The summed E-state index contributed by atoms with van der Waals surface area (Å²) < 4.78 is 1.84. The van der Waals surface area contributed by atoms with Crippen LogP contribution in [-0.2, 0) is 17.9 Å². The molecule has 8 heteroatoms. The highest BCUT2D eigenvalue weighted by atomic mass is 16.4. The smallest absolute Gasteiger partial charge is 0.317 e. The van der Waals surface area contributed by atoms with Gasteiger partial charge in [0.25, 0.3) is 0 Å². The molecule has 2 N–H and O–H groups in total.